The van der Waals surface area contributed by atoms with Gasteiger partial charge in [0, 0.05) is 5.69 Å². The molecule has 0 aliphatic rings. The van der Waals surface area contributed by atoms with E-state index in [1.807, 2.05) is 18.2 Å². The Bertz CT molecular complexity index is 492. The van der Waals surface area contributed by atoms with Gasteiger partial charge in [-0.05, 0) is 25.1 Å². The average molecular weight is 205 g/mol. The van der Waals surface area contributed by atoms with Crippen molar-refractivity contribution in [1.82, 2.24) is 9.97 Å². The number of benzene rings is 1. The van der Waals surface area contributed by atoms with E-state index in [0.717, 1.165) is 16.7 Å². The normalized spacial score (nSPS) is 12.6. The van der Waals surface area contributed by atoms with Crippen molar-refractivity contribution in [3.63, 3.8) is 0 Å². The zero-order chi connectivity index (χ0) is 10.8. The number of fused-ring (bicyclic) bond motifs is 1. The Kier molecular flexibility index (Phi) is 2.29. The summed E-state index contributed by atoms with van der Waals surface area (Å²) in [4.78, 5) is 17.7. The summed E-state index contributed by atoms with van der Waals surface area (Å²) in [5, 5.41) is 11.6. The van der Waals surface area contributed by atoms with Gasteiger partial charge in [0.05, 0.1) is 17.4 Å². The number of nitrogens with zero attached hydrogens (tertiary/aromatic N) is 1. The fourth-order valence-electron chi connectivity index (χ4n) is 1.34. The molecule has 0 aliphatic heterocycles. The van der Waals surface area contributed by atoms with Crippen molar-refractivity contribution in [1.29, 1.82) is 0 Å². The molecular formula is C10H11N3O2. The molecule has 0 fully saturated rings. The number of H-pyrrole nitrogens is 1. The van der Waals surface area contributed by atoms with Gasteiger partial charge < -0.3 is 15.4 Å². The Hall–Kier alpha value is -2.04. The molecular weight excluding hydrogens is 194 g/mol. The van der Waals surface area contributed by atoms with Gasteiger partial charge in [-0.2, -0.15) is 0 Å². The maximum absolute atomic E-state index is 10.6. The lowest BCUT2D eigenvalue weighted by atomic mass is 10.2. The van der Waals surface area contributed by atoms with E-state index in [-0.39, 0.29) is 0 Å². The van der Waals surface area contributed by atoms with Crippen LogP contribution in [0.2, 0.25) is 0 Å². The molecule has 0 bridgehead atoms. The molecule has 78 valence electrons. The summed E-state index contributed by atoms with van der Waals surface area (Å²) in [7, 11) is 0. The second-order valence-corrected chi connectivity index (χ2v) is 3.34. The molecule has 0 amide bonds. The maximum atomic E-state index is 10.6. The molecule has 1 heterocycles. The number of rotatable bonds is 3. The number of carboxylic acid groups (broad SMARTS) is 1. The lowest BCUT2D eigenvalue weighted by Crippen LogP contribution is -2.25. The summed E-state index contributed by atoms with van der Waals surface area (Å²) in [6.07, 6.45) is 1.61. The molecule has 1 aromatic carbocycles. The van der Waals surface area contributed by atoms with Crippen LogP contribution >= 0.6 is 0 Å². The highest BCUT2D eigenvalue weighted by molar-refractivity contribution is 5.81. The van der Waals surface area contributed by atoms with E-state index in [1.165, 1.54) is 0 Å². The third-order valence-corrected chi connectivity index (χ3v) is 2.17. The van der Waals surface area contributed by atoms with E-state index >= 15 is 0 Å². The summed E-state index contributed by atoms with van der Waals surface area (Å²) in [6.45, 7) is 1.60. The predicted molar refractivity (Wildman–Crippen MR) is 56.8 cm³/mol. The van der Waals surface area contributed by atoms with Gasteiger partial charge in [-0.1, -0.05) is 0 Å². The lowest BCUT2D eigenvalue weighted by Gasteiger charge is -2.10. The molecule has 2 rings (SSSR count). The molecule has 0 unspecified atom stereocenters. The van der Waals surface area contributed by atoms with Crippen LogP contribution in [0.1, 0.15) is 6.92 Å². The summed E-state index contributed by atoms with van der Waals surface area (Å²) < 4.78 is 0. The van der Waals surface area contributed by atoms with Gasteiger partial charge in [-0.25, -0.2) is 4.98 Å². The minimum Gasteiger partial charge on any atom is -0.480 e. The predicted octanol–water partition coefficient (Wildman–Crippen LogP) is 1.45. The maximum Gasteiger partial charge on any atom is 0.325 e. The molecule has 0 saturated carbocycles. The van der Waals surface area contributed by atoms with Crippen LogP contribution in [-0.4, -0.2) is 27.1 Å². The summed E-state index contributed by atoms with van der Waals surface area (Å²) in [6, 6.07) is 4.87. The summed E-state index contributed by atoms with van der Waals surface area (Å²) in [5.41, 5.74) is 2.52. The van der Waals surface area contributed by atoms with Crippen LogP contribution in [0.3, 0.4) is 0 Å². The van der Waals surface area contributed by atoms with Gasteiger partial charge in [-0.3, -0.25) is 4.79 Å². The number of aromatic amines is 1. The van der Waals surface area contributed by atoms with Gasteiger partial charge >= 0.3 is 5.97 Å². The van der Waals surface area contributed by atoms with E-state index < -0.39 is 12.0 Å². The van der Waals surface area contributed by atoms with E-state index in [0.29, 0.717) is 0 Å². The van der Waals surface area contributed by atoms with Crippen molar-refractivity contribution in [2.75, 3.05) is 5.32 Å². The van der Waals surface area contributed by atoms with Crippen LogP contribution in [-0.2, 0) is 4.79 Å². The zero-order valence-corrected chi connectivity index (χ0v) is 8.19. The second-order valence-electron chi connectivity index (χ2n) is 3.34. The van der Waals surface area contributed by atoms with Crippen molar-refractivity contribution in [2.24, 2.45) is 0 Å². The molecule has 5 heteroatoms. The molecule has 2 aromatic rings. The first-order chi connectivity index (χ1) is 7.16. The molecule has 0 radical (unpaired) electrons. The number of carbonyl (C=O) groups is 1. The van der Waals surface area contributed by atoms with E-state index in [2.05, 4.69) is 15.3 Å². The van der Waals surface area contributed by atoms with Crippen LogP contribution in [0.25, 0.3) is 11.0 Å². The smallest absolute Gasteiger partial charge is 0.325 e. The second kappa shape index (κ2) is 3.61. The highest BCUT2D eigenvalue weighted by Gasteiger charge is 2.10. The number of carboxylic acids is 1. The highest BCUT2D eigenvalue weighted by atomic mass is 16.4. The van der Waals surface area contributed by atoms with Gasteiger partial charge in [0.2, 0.25) is 0 Å². The average Bonchev–Trinajstić information content (AvgIpc) is 2.64. The number of aliphatic carboxylic acids is 1. The topological polar surface area (TPSA) is 78.0 Å². The van der Waals surface area contributed by atoms with Crippen LogP contribution in [0.15, 0.2) is 24.5 Å². The summed E-state index contributed by atoms with van der Waals surface area (Å²) in [5.74, 6) is -0.875. The van der Waals surface area contributed by atoms with E-state index in [4.69, 9.17) is 5.11 Å². The number of aromatic nitrogens is 2. The molecule has 0 spiro atoms. The third kappa shape index (κ3) is 1.90. The van der Waals surface area contributed by atoms with Crippen LogP contribution in [0.4, 0.5) is 5.69 Å². The van der Waals surface area contributed by atoms with Crippen LogP contribution in [0.5, 0.6) is 0 Å². The van der Waals surface area contributed by atoms with Crippen LogP contribution in [0, 0.1) is 0 Å². The first-order valence-corrected chi connectivity index (χ1v) is 4.59. The minimum absolute atomic E-state index is 0.606. The first kappa shape index (κ1) is 9.51. The largest absolute Gasteiger partial charge is 0.480 e. The molecule has 1 atom stereocenters. The lowest BCUT2D eigenvalue weighted by molar-refractivity contribution is -0.137. The van der Waals surface area contributed by atoms with Gasteiger partial charge in [0.15, 0.2) is 0 Å². The minimum atomic E-state index is -0.875. The number of nitrogens with one attached hydrogen (secondary N) is 2. The third-order valence-electron chi connectivity index (χ3n) is 2.17. The Balaban J connectivity index is 2.24. The zero-order valence-electron chi connectivity index (χ0n) is 8.19. The molecule has 0 aliphatic carbocycles. The number of hydrogen-bond acceptors (Lipinski definition) is 3. The van der Waals surface area contributed by atoms with E-state index in [9.17, 15) is 4.79 Å². The van der Waals surface area contributed by atoms with Crippen molar-refractivity contribution in [3.8, 4) is 0 Å². The van der Waals surface area contributed by atoms with Gasteiger partial charge in [-0.15, -0.1) is 0 Å². The number of anilines is 1. The van der Waals surface area contributed by atoms with Gasteiger partial charge in [0.1, 0.15) is 6.04 Å². The Morgan fingerprint density at radius 1 is 1.60 bits per heavy atom. The molecule has 3 N–H and O–H groups in total. The van der Waals surface area contributed by atoms with Crippen molar-refractivity contribution in [3.05, 3.63) is 24.5 Å². The molecule has 15 heavy (non-hydrogen) atoms. The number of imidazole rings is 1. The Labute approximate surface area is 86.1 Å². The SMILES string of the molecule is C[C@H](Nc1ccc2nc[nH]c2c1)C(=O)O. The fraction of sp³-hybridized carbons (Fsp3) is 0.200. The van der Waals surface area contributed by atoms with E-state index in [1.54, 1.807) is 13.3 Å². The monoisotopic (exact) mass is 205 g/mol. The van der Waals surface area contributed by atoms with Crippen molar-refractivity contribution in [2.45, 2.75) is 13.0 Å². The number of hydrogen-bond donors (Lipinski definition) is 3. The molecule has 5 nitrogen and oxygen atoms in total. The Morgan fingerprint density at radius 3 is 3.13 bits per heavy atom. The van der Waals surface area contributed by atoms with Crippen molar-refractivity contribution < 1.29 is 9.90 Å². The van der Waals surface area contributed by atoms with Crippen molar-refractivity contribution >= 4 is 22.7 Å². The first-order valence-electron chi connectivity index (χ1n) is 4.59. The highest BCUT2D eigenvalue weighted by Crippen LogP contribution is 2.16. The summed E-state index contributed by atoms with van der Waals surface area (Å²) >= 11 is 0. The van der Waals surface area contributed by atoms with Gasteiger partial charge in [0.25, 0.3) is 0 Å². The molecule has 1 aromatic heterocycles. The quantitative estimate of drug-likeness (QED) is 0.708. The fourth-order valence-corrected chi connectivity index (χ4v) is 1.34. The Morgan fingerprint density at radius 2 is 2.40 bits per heavy atom. The standard InChI is InChI=1S/C10H11N3O2/c1-6(10(14)15)13-7-2-3-8-9(4-7)12-5-11-8/h2-6,13H,1H3,(H,11,12)(H,14,15)/t6-/m0/s1. The molecule has 0 saturated heterocycles. The van der Waals surface area contributed by atoms with Crippen LogP contribution < -0.4 is 5.32 Å².